The predicted octanol–water partition coefficient (Wildman–Crippen LogP) is 1.20. The molecule has 27 heavy (non-hydrogen) atoms. The Bertz CT molecular complexity index is 953. The number of fused-ring (bicyclic) bond motifs is 1. The van der Waals surface area contributed by atoms with E-state index in [1.54, 1.807) is 29.8 Å². The summed E-state index contributed by atoms with van der Waals surface area (Å²) in [6, 6.07) is 5.45. The van der Waals surface area contributed by atoms with Crippen LogP contribution in [0.3, 0.4) is 0 Å². The van der Waals surface area contributed by atoms with Gasteiger partial charge in [0, 0.05) is 18.4 Å². The molecule has 3 rings (SSSR count). The van der Waals surface area contributed by atoms with E-state index in [-0.39, 0.29) is 24.1 Å². The summed E-state index contributed by atoms with van der Waals surface area (Å²) >= 11 is 1.26. The SMILES string of the molecule is Cc1cc(C)n2c(SCC(=O)N(C)CC(=O)NCc3ccco3)nnc2n1. The van der Waals surface area contributed by atoms with Gasteiger partial charge in [0.1, 0.15) is 5.76 Å². The fourth-order valence-corrected chi connectivity index (χ4v) is 3.41. The average molecular weight is 388 g/mol. The van der Waals surface area contributed by atoms with Crippen LogP contribution in [0.5, 0.6) is 0 Å². The minimum atomic E-state index is -0.254. The summed E-state index contributed by atoms with van der Waals surface area (Å²) in [7, 11) is 1.59. The number of furan rings is 1. The Hall–Kier alpha value is -2.88. The molecule has 0 aliphatic rings. The van der Waals surface area contributed by atoms with E-state index in [4.69, 9.17) is 4.42 Å². The molecule has 0 atom stereocenters. The number of likely N-dealkylation sites (N-methyl/N-ethyl adjacent to an activating group) is 1. The molecule has 3 aromatic rings. The highest BCUT2D eigenvalue weighted by Crippen LogP contribution is 2.18. The molecule has 0 aliphatic carbocycles. The molecule has 2 amide bonds. The van der Waals surface area contributed by atoms with E-state index in [1.165, 1.54) is 16.7 Å². The van der Waals surface area contributed by atoms with Gasteiger partial charge in [0.25, 0.3) is 5.78 Å². The van der Waals surface area contributed by atoms with Crippen molar-refractivity contribution >= 4 is 29.4 Å². The second-order valence-electron chi connectivity index (χ2n) is 6.05. The molecule has 9 nitrogen and oxygen atoms in total. The van der Waals surface area contributed by atoms with E-state index in [1.807, 2.05) is 19.9 Å². The Morgan fingerprint density at radius 3 is 2.89 bits per heavy atom. The normalized spacial score (nSPS) is 10.9. The third-order valence-corrected chi connectivity index (χ3v) is 4.75. The van der Waals surface area contributed by atoms with Crippen LogP contribution in [0.25, 0.3) is 5.78 Å². The molecule has 0 unspecified atom stereocenters. The summed E-state index contributed by atoms with van der Waals surface area (Å²) in [5.41, 5.74) is 1.81. The number of carbonyl (C=O) groups is 2. The van der Waals surface area contributed by atoms with Gasteiger partial charge in [0.2, 0.25) is 11.8 Å². The summed E-state index contributed by atoms with van der Waals surface area (Å²) in [4.78, 5) is 30.0. The average Bonchev–Trinajstić information content (AvgIpc) is 3.27. The fraction of sp³-hybridized carbons (Fsp3) is 0.353. The number of aromatic nitrogens is 4. The van der Waals surface area contributed by atoms with E-state index in [0.29, 0.717) is 23.2 Å². The maximum Gasteiger partial charge on any atom is 0.256 e. The van der Waals surface area contributed by atoms with Gasteiger partial charge in [-0.3, -0.25) is 14.0 Å². The molecule has 0 saturated carbocycles. The lowest BCUT2D eigenvalue weighted by molar-refractivity contribution is -0.132. The maximum atomic E-state index is 12.3. The van der Waals surface area contributed by atoms with Crippen LogP contribution in [0, 0.1) is 13.8 Å². The molecule has 3 heterocycles. The van der Waals surface area contributed by atoms with Gasteiger partial charge in [0.15, 0.2) is 5.16 Å². The zero-order valence-corrected chi connectivity index (χ0v) is 16.1. The molecule has 10 heteroatoms. The Morgan fingerprint density at radius 1 is 1.33 bits per heavy atom. The van der Waals surface area contributed by atoms with Crippen molar-refractivity contribution in [1.29, 1.82) is 0 Å². The molecular formula is C17H20N6O3S. The molecule has 0 aromatic carbocycles. The molecule has 0 aliphatic heterocycles. The third-order valence-electron chi connectivity index (χ3n) is 3.83. The van der Waals surface area contributed by atoms with Crippen LogP contribution in [-0.2, 0) is 16.1 Å². The summed E-state index contributed by atoms with van der Waals surface area (Å²) in [5, 5.41) is 11.4. The van der Waals surface area contributed by atoms with Crippen LogP contribution in [0.4, 0.5) is 0 Å². The molecule has 1 N–H and O–H groups in total. The second-order valence-corrected chi connectivity index (χ2v) is 6.99. The molecule has 0 radical (unpaired) electrons. The van der Waals surface area contributed by atoms with Crippen molar-refractivity contribution in [3.8, 4) is 0 Å². The smallest absolute Gasteiger partial charge is 0.256 e. The largest absolute Gasteiger partial charge is 0.467 e. The summed E-state index contributed by atoms with van der Waals surface area (Å²) in [5.74, 6) is 0.882. The number of hydrogen-bond acceptors (Lipinski definition) is 7. The number of carbonyl (C=O) groups excluding carboxylic acids is 2. The Balaban J connectivity index is 1.52. The van der Waals surface area contributed by atoms with Crippen LogP contribution in [0.1, 0.15) is 17.1 Å². The zero-order chi connectivity index (χ0) is 19.4. The van der Waals surface area contributed by atoms with Crippen LogP contribution in [0.15, 0.2) is 34.0 Å². The van der Waals surface area contributed by atoms with E-state index in [0.717, 1.165) is 11.4 Å². The molecule has 0 spiro atoms. The third kappa shape index (κ3) is 4.64. The zero-order valence-electron chi connectivity index (χ0n) is 15.3. The standard InChI is InChI=1S/C17H20N6O3S/c1-11-7-12(2)23-16(19-11)20-21-17(23)27-10-15(25)22(3)9-14(24)18-8-13-5-4-6-26-13/h4-7H,8-10H2,1-3H3,(H,18,24). The lowest BCUT2D eigenvalue weighted by Gasteiger charge is -2.16. The van der Waals surface area contributed by atoms with Gasteiger partial charge < -0.3 is 14.6 Å². The van der Waals surface area contributed by atoms with Gasteiger partial charge in [-0.2, -0.15) is 0 Å². The number of hydrogen-bond donors (Lipinski definition) is 1. The van der Waals surface area contributed by atoms with Gasteiger partial charge in [-0.25, -0.2) is 4.98 Å². The van der Waals surface area contributed by atoms with E-state index in [2.05, 4.69) is 20.5 Å². The molecule has 142 valence electrons. The number of amides is 2. The lowest BCUT2D eigenvalue weighted by Crippen LogP contribution is -2.38. The summed E-state index contributed by atoms with van der Waals surface area (Å²) < 4.78 is 6.96. The van der Waals surface area contributed by atoms with Gasteiger partial charge >= 0.3 is 0 Å². The number of aryl methyl sites for hydroxylation is 2. The van der Waals surface area contributed by atoms with Crippen molar-refractivity contribution in [3.05, 3.63) is 41.6 Å². The van der Waals surface area contributed by atoms with Gasteiger partial charge in [-0.1, -0.05) is 11.8 Å². The predicted molar refractivity (Wildman–Crippen MR) is 99.2 cm³/mol. The summed E-state index contributed by atoms with van der Waals surface area (Å²) in [6.07, 6.45) is 1.54. The molecule has 0 fully saturated rings. The first-order chi connectivity index (χ1) is 12.9. The molecule has 0 bridgehead atoms. The molecule has 0 saturated heterocycles. The highest BCUT2D eigenvalue weighted by atomic mass is 32.2. The van der Waals surface area contributed by atoms with Crippen molar-refractivity contribution < 1.29 is 14.0 Å². The Kier molecular flexibility index (Phi) is 5.75. The van der Waals surface area contributed by atoms with Gasteiger partial charge in [-0.05, 0) is 32.0 Å². The topological polar surface area (TPSA) is 106 Å². The maximum absolute atomic E-state index is 12.3. The number of thioether (sulfide) groups is 1. The van der Waals surface area contributed by atoms with E-state index >= 15 is 0 Å². The van der Waals surface area contributed by atoms with Crippen molar-refractivity contribution in [2.45, 2.75) is 25.5 Å². The lowest BCUT2D eigenvalue weighted by atomic mass is 10.3. The van der Waals surface area contributed by atoms with Gasteiger partial charge in [0.05, 0.1) is 25.1 Å². The molecule has 3 aromatic heterocycles. The number of rotatable bonds is 7. The number of nitrogens with one attached hydrogen (secondary N) is 1. The Labute approximate surface area is 160 Å². The molecular weight excluding hydrogens is 368 g/mol. The summed E-state index contributed by atoms with van der Waals surface area (Å²) in [6.45, 7) is 4.09. The first-order valence-corrected chi connectivity index (χ1v) is 9.28. The monoisotopic (exact) mass is 388 g/mol. The van der Waals surface area contributed by atoms with Gasteiger partial charge in [-0.15, -0.1) is 10.2 Å². The van der Waals surface area contributed by atoms with Crippen LogP contribution >= 0.6 is 11.8 Å². The van der Waals surface area contributed by atoms with Crippen LogP contribution in [-0.4, -0.2) is 55.6 Å². The minimum Gasteiger partial charge on any atom is -0.467 e. The fourth-order valence-electron chi connectivity index (χ4n) is 2.49. The first kappa shape index (κ1) is 18.9. The first-order valence-electron chi connectivity index (χ1n) is 8.29. The number of nitrogens with zero attached hydrogens (tertiary/aromatic N) is 5. The van der Waals surface area contributed by atoms with Crippen molar-refractivity contribution in [2.75, 3.05) is 19.3 Å². The highest BCUT2D eigenvalue weighted by molar-refractivity contribution is 7.99. The highest BCUT2D eigenvalue weighted by Gasteiger charge is 2.16. The Morgan fingerprint density at radius 2 is 2.15 bits per heavy atom. The second kappa shape index (κ2) is 8.21. The van der Waals surface area contributed by atoms with Crippen LogP contribution < -0.4 is 5.32 Å². The van der Waals surface area contributed by atoms with Crippen molar-refractivity contribution in [1.82, 2.24) is 29.8 Å². The van der Waals surface area contributed by atoms with Crippen molar-refractivity contribution in [2.24, 2.45) is 0 Å². The van der Waals surface area contributed by atoms with Crippen LogP contribution in [0.2, 0.25) is 0 Å². The van der Waals surface area contributed by atoms with Crippen molar-refractivity contribution in [3.63, 3.8) is 0 Å². The van der Waals surface area contributed by atoms with E-state index in [9.17, 15) is 9.59 Å². The van der Waals surface area contributed by atoms with E-state index < -0.39 is 0 Å². The quantitative estimate of drug-likeness (QED) is 0.606. The minimum absolute atomic E-state index is 0.0273.